The molecule has 42 heavy (non-hydrogen) atoms. The third-order valence-electron chi connectivity index (χ3n) is 7.13. The Morgan fingerprint density at radius 1 is 1.00 bits per heavy atom. The van der Waals surface area contributed by atoms with Crippen molar-refractivity contribution in [2.75, 3.05) is 13.6 Å². The molecule has 0 saturated carbocycles. The first-order chi connectivity index (χ1) is 19.2. The highest BCUT2D eigenvalue weighted by atomic mass is 19.4. The topological polar surface area (TPSA) is 61.9 Å². The predicted octanol–water partition coefficient (Wildman–Crippen LogP) is 8.01. The van der Waals surface area contributed by atoms with Crippen LogP contribution >= 0.6 is 0 Å². The summed E-state index contributed by atoms with van der Waals surface area (Å²) in [5, 5.41) is 2.78. The zero-order valence-electron chi connectivity index (χ0n) is 24.1. The molecule has 232 valence electrons. The average Bonchev–Trinajstić information content (AvgIpc) is 2.85. The van der Waals surface area contributed by atoms with Gasteiger partial charge in [-0.2, -0.15) is 26.3 Å². The van der Waals surface area contributed by atoms with Gasteiger partial charge < -0.3 is 19.9 Å². The smallest absolute Gasteiger partial charge is 0.416 e. The fourth-order valence-electron chi connectivity index (χ4n) is 4.92. The van der Waals surface area contributed by atoms with Gasteiger partial charge in [-0.1, -0.05) is 6.07 Å². The number of hydrogen-bond acceptors (Lipinski definition) is 3. The Balaban J connectivity index is 1.94. The van der Waals surface area contributed by atoms with E-state index in [-0.39, 0.29) is 24.6 Å². The van der Waals surface area contributed by atoms with Crippen LogP contribution in [0, 0.1) is 12.7 Å². The maximum Gasteiger partial charge on any atom is 0.416 e. The summed E-state index contributed by atoms with van der Waals surface area (Å²) in [6.45, 7) is 8.20. The number of likely N-dealkylation sites (tertiary alicyclic amines) is 1. The molecule has 1 heterocycles. The van der Waals surface area contributed by atoms with Crippen LogP contribution in [0.25, 0.3) is 0 Å². The number of benzene rings is 2. The van der Waals surface area contributed by atoms with Gasteiger partial charge in [0.25, 0.3) is 0 Å². The van der Waals surface area contributed by atoms with Crippen molar-refractivity contribution in [3.05, 3.63) is 70.0 Å². The number of nitrogens with zero attached hydrogens (tertiary/aromatic N) is 2. The summed E-state index contributed by atoms with van der Waals surface area (Å²) in [6, 6.07) is 2.31. The molecule has 1 N–H and O–H groups in total. The van der Waals surface area contributed by atoms with E-state index in [0.717, 1.165) is 4.90 Å². The third kappa shape index (κ3) is 8.07. The Bertz CT molecular complexity index is 1270. The van der Waals surface area contributed by atoms with E-state index >= 15 is 0 Å². The minimum absolute atomic E-state index is 0.0355. The maximum atomic E-state index is 13.9. The van der Waals surface area contributed by atoms with Crippen LogP contribution < -0.4 is 5.32 Å². The fourth-order valence-corrected chi connectivity index (χ4v) is 4.92. The Morgan fingerprint density at radius 3 is 2.07 bits per heavy atom. The van der Waals surface area contributed by atoms with E-state index in [9.17, 15) is 40.3 Å². The van der Waals surface area contributed by atoms with Crippen molar-refractivity contribution in [3.63, 3.8) is 0 Å². The first-order valence-corrected chi connectivity index (χ1v) is 13.3. The van der Waals surface area contributed by atoms with Gasteiger partial charge in [-0.3, -0.25) is 0 Å². The number of alkyl halides is 6. The first kappa shape index (κ1) is 33.0. The average molecular weight is 606 g/mol. The van der Waals surface area contributed by atoms with Crippen LogP contribution in [0.15, 0.2) is 36.4 Å². The van der Waals surface area contributed by atoms with E-state index in [1.807, 2.05) is 0 Å². The van der Waals surface area contributed by atoms with Gasteiger partial charge in [0.2, 0.25) is 0 Å². The number of ether oxygens (including phenoxy) is 1. The SMILES string of the molecule is Cc1cc(F)ccc1[C@H]1C[C@@H](NC(=O)OC(C)(C)C)CCN1C(=O)N(C)[C@H](C)c1cc(C(F)(F)F)cc(C(F)(F)F)c1. The normalized spacial score (nSPS) is 18.8. The molecule has 0 bridgehead atoms. The van der Waals surface area contributed by atoms with Crippen LogP contribution in [0.5, 0.6) is 0 Å². The largest absolute Gasteiger partial charge is 0.444 e. The Labute approximate surface area is 239 Å². The van der Waals surface area contributed by atoms with Gasteiger partial charge in [-0.05, 0) is 94.5 Å². The molecule has 0 aliphatic carbocycles. The number of rotatable bonds is 4. The van der Waals surface area contributed by atoms with Crippen LogP contribution in [0.2, 0.25) is 0 Å². The van der Waals surface area contributed by atoms with E-state index in [0.29, 0.717) is 29.7 Å². The highest BCUT2D eigenvalue weighted by molar-refractivity contribution is 5.76. The molecule has 3 rings (SSSR count). The molecule has 0 unspecified atom stereocenters. The number of aryl methyl sites for hydroxylation is 1. The Morgan fingerprint density at radius 2 is 1.57 bits per heavy atom. The van der Waals surface area contributed by atoms with Crippen molar-refractivity contribution >= 4 is 12.1 Å². The molecule has 2 aromatic carbocycles. The van der Waals surface area contributed by atoms with Crippen LogP contribution in [0.4, 0.5) is 40.3 Å². The predicted molar refractivity (Wildman–Crippen MR) is 141 cm³/mol. The lowest BCUT2D eigenvalue weighted by Crippen LogP contribution is -2.52. The molecule has 3 atom stereocenters. The van der Waals surface area contributed by atoms with Crippen LogP contribution in [0.3, 0.4) is 0 Å². The quantitative estimate of drug-likeness (QED) is 0.359. The summed E-state index contributed by atoms with van der Waals surface area (Å²) >= 11 is 0. The molecule has 3 amide bonds. The van der Waals surface area contributed by atoms with Gasteiger partial charge in [-0.25, -0.2) is 14.0 Å². The van der Waals surface area contributed by atoms with Gasteiger partial charge in [0.1, 0.15) is 11.4 Å². The Kier molecular flexibility index (Phi) is 9.43. The molecule has 2 aromatic rings. The number of urea groups is 1. The zero-order valence-corrected chi connectivity index (χ0v) is 24.1. The second kappa shape index (κ2) is 12.0. The molecule has 13 heteroatoms. The number of carbonyl (C=O) groups excluding carboxylic acids is 2. The second-order valence-corrected chi connectivity index (χ2v) is 11.5. The molecule has 1 aliphatic rings. The van der Waals surface area contributed by atoms with E-state index in [1.54, 1.807) is 27.7 Å². The van der Waals surface area contributed by atoms with Gasteiger partial charge >= 0.3 is 24.5 Å². The third-order valence-corrected chi connectivity index (χ3v) is 7.13. The number of nitrogens with one attached hydrogen (secondary N) is 1. The lowest BCUT2D eigenvalue weighted by atomic mass is 9.89. The highest BCUT2D eigenvalue weighted by Gasteiger charge is 2.40. The monoisotopic (exact) mass is 605 g/mol. The van der Waals surface area contributed by atoms with Gasteiger partial charge in [0.05, 0.1) is 23.2 Å². The van der Waals surface area contributed by atoms with E-state index in [2.05, 4.69) is 5.32 Å². The lowest BCUT2D eigenvalue weighted by Gasteiger charge is -2.43. The van der Waals surface area contributed by atoms with Crippen molar-refractivity contribution in [1.29, 1.82) is 0 Å². The standard InChI is InChI=1S/C29H34F7N3O3/c1-16-11-21(30)7-8-23(16)24-15-22(37-25(40)42-27(3,4)5)9-10-39(24)26(41)38(6)17(2)18-12-19(28(31,32)33)14-20(13-18)29(34,35)36/h7-8,11-14,17,22,24H,9-10,15H2,1-6H3,(H,37,40)/t17-,22+,24-/m1/s1. The molecular weight excluding hydrogens is 571 g/mol. The molecular formula is C29H34F7N3O3. The summed E-state index contributed by atoms with van der Waals surface area (Å²) in [6.07, 6.45) is -10.2. The van der Waals surface area contributed by atoms with Crippen molar-refractivity contribution in [2.24, 2.45) is 0 Å². The Hall–Kier alpha value is -3.51. The molecule has 1 saturated heterocycles. The van der Waals surface area contributed by atoms with Crippen molar-refractivity contribution in [2.45, 2.75) is 83.5 Å². The number of alkyl carbamates (subject to hydrolysis) is 1. The molecule has 1 aliphatic heterocycles. The molecule has 6 nitrogen and oxygen atoms in total. The first-order valence-electron chi connectivity index (χ1n) is 13.3. The maximum absolute atomic E-state index is 13.9. The highest BCUT2D eigenvalue weighted by Crippen LogP contribution is 2.39. The molecule has 0 aromatic heterocycles. The van der Waals surface area contributed by atoms with Crippen molar-refractivity contribution in [1.82, 2.24) is 15.1 Å². The van der Waals surface area contributed by atoms with Crippen LogP contribution in [-0.2, 0) is 17.1 Å². The van der Waals surface area contributed by atoms with Crippen molar-refractivity contribution in [3.8, 4) is 0 Å². The number of piperidine rings is 1. The van der Waals surface area contributed by atoms with Gasteiger partial charge in [-0.15, -0.1) is 0 Å². The second-order valence-electron chi connectivity index (χ2n) is 11.5. The molecule has 0 radical (unpaired) electrons. The summed E-state index contributed by atoms with van der Waals surface area (Å²) in [5.41, 5.74) is -2.94. The zero-order chi connectivity index (χ0) is 31.8. The van der Waals surface area contributed by atoms with Gasteiger partial charge in [0.15, 0.2) is 0 Å². The van der Waals surface area contributed by atoms with Crippen LogP contribution in [-0.4, -0.2) is 47.2 Å². The van der Waals surface area contributed by atoms with Crippen molar-refractivity contribution < 1.29 is 45.1 Å². The van der Waals surface area contributed by atoms with Gasteiger partial charge in [0, 0.05) is 19.6 Å². The summed E-state index contributed by atoms with van der Waals surface area (Å²) in [5.74, 6) is -0.496. The molecule has 1 fully saturated rings. The number of amides is 3. The minimum atomic E-state index is -5.04. The number of hydrogen-bond donors (Lipinski definition) is 1. The number of carbonyl (C=O) groups is 2. The van der Waals surface area contributed by atoms with E-state index < -0.39 is 65.1 Å². The van der Waals surface area contributed by atoms with E-state index in [1.165, 1.54) is 37.1 Å². The summed E-state index contributed by atoms with van der Waals surface area (Å²) in [7, 11) is 1.29. The summed E-state index contributed by atoms with van der Waals surface area (Å²) in [4.78, 5) is 28.7. The fraction of sp³-hybridized carbons (Fsp3) is 0.517. The van der Waals surface area contributed by atoms with Crippen LogP contribution in [0.1, 0.15) is 80.4 Å². The number of halogens is 7. The lowest BCUT2D eigenvalue weighted by molar-refractivity contribution is -0.143. The molecule has 0 spiro atoms. The van der Waals surface area contributed by atoms with E-state index in [4.69, 9.17) is 4.74 Å². The summed E-state index contributed by atoms with van der Waals surface area (Å²) < 4.78 is 99.9. The minimum Gasteiger partial charge on any atom is -0.444 e.